The fraction of sp³-hybridized carbons (Fsp3) is 0.667. The van der Waals surface area contributed by atoms with E-state index in [-0.39, 0.29) is 30.8 Å². The van der Waals surface area contributed by atoms with Crippen molar-refractivity contribution in [2.24, 2.45) is 0 Å². The van der Waals surface area contributed by atoms with Crippen molar-refractivity contribution >= 4 is 33.5 Å². The van der Waals surface area contributed by atoms with Crippen LogP contribution in [0.25, 0.3) is 10.2 Å². The number of rotatable bonds is 11. The molecule has 2 aromatic rings. The quantitative estimate of drug-likeness (QED) is 0.457. The monoisotopic (exact) mass is 493 g/mol. The number of aliphatic hydroxyl groups is 1. The number of aromatic amines is 1. The maximum atomic E-state index is 12.9. The van der Waals surface area contributed by atoms with Crippen molar-refractivity contribution in [3.8, 4) is 0 Å². The molecule has 0 radical (unpaired) electrons. The lowest BCUT2D eigenvalue weighted by atomic mass is 9.94. The number of ether oxygens (including phenoxy) is 2. The number of H-pyrrole nitrogens is 1. The molecule has 0 bridgehead atoms. The first-order valence-corrected chi connectivity index (χ1v) is 12.9. The lowest BCUT2D eigenvalue weighted by molar-refractivity contribution is -0.147. The van der Waals surface area contributed by atoms with Gasteiger partial charge >= 0.3 is 11.9 Å². The van der Waals surface area contributed by atoms with E-state index in [4.69, 9.17) is 9.47 Å². The Kier molecular flexibility index (Phi) is 9.61. The van der Waals surface area contributed by atoms with E-state index in [0.29, 0.717) is 52.4 Å². The number of fused-ring (bicyclic) bond motifs is 1. The minimum Gasteiger partial charge on any atom is -0.463 e. The number of aromatic nitrogens is 2. The number of aryl methyl sites for hydroxylation is 1. The normalized spacial score (nSPS) is 15.6. The number of hydrogen-bond donors (Lipinski definition) is 2. The minimum atomic E-state index is -0.836. The molecule has 1 aliphatic rings. The van der Waals surface area contributed by atoms with Crippen LogP contribution >= 0.6 is 11.3 Å². The van der Waals surface area contributed by atoms with Gasteiger partial charge in [0.15, 0.2) is 0 Å². The lowest BCUT2D eigenvalue weighted by Crippen LogP contribution is -2.43. The Balaban J connectivity index is 1.80. The molecule has 1 saturated carbocycles. The van der Waals surface area contributed by atoms with Crippen molar-refractivity contribution in [2.75, 3.05) is 19.8 Å². The largest absolute Gasteiger partial charge is 0.463 e. The van der Waals surface area contributed by atoms with Gasteiger partial charge in [0.25, 0.3) is 5.56 Å². The van der Waals surface area contributed by atoms with Gasteiger partial charge in [0, 0.05) is 19.0 Å². The van der Waals surface area contributed by atoms with Gasteiger partial charge < -0.3 is 19.6 Å². The number of carbonyl (C=O) groups is 2. The van der Waals surface area contributed by atoms with Crippen LogP contribution in [0.5, 0.6) is 0 Å². The molecule has 34 heavy (non-hydrogen) atoms. The second kappa shape index (κ2) is 12.4. The zero-order valence-electron chi connectivity index (χ0n) is 20.2. The highest BCUT2D eigenvalue weighted by Gasteiger charge is 2.26. The Morgan fingerprint density at radius 1 is 1.24 bits per heavy atom. The molecule has 10 heteroatoms. The smallest absolute Gasteiger partial charge is 0.348 e. The van der Waals surface area contributed by atoms with Gasteiger partial charge in [-0.25, -0.2) is 9.78 Å². The molecule has 0 saturated heterocycles. The van der Waals surface area contributed by atoms with Crippen molar-refractivity contribution in [1.29, 1.82) is 0 Å². The number of nitrogens with one attached hydrogen (secondary N) is 1. The summed E-state index contributed by atoms with van der Waals surface area (Å²) in [5.41, 5.74) is 0.286. The topological polar surface area (TPSA) is 122 Å². The van der Waals surface area contributed by atoms with E-state index in [9.17, 15) is 19.5 Å². The summed E-state index contributed by atoms with van der Waals surface area (Å²) < 4.78 is 10.3. The van der Waals surface area contributed by atoms with Crippen LogP contribution in [0.2, 0.25) is 0 Å². The van der Waals surface area contributed by atoms with Gasteiger partial charge in [-0.05, 0) is 38.7 Å². The highest BCUT2D eigenvalue weighted by Crippen LogP contribution is 2.28. The van der Waals surface area contributed by atoms with Gasteiger partial charge in [-0.2, -0.15) is 0 Å². The van der Waals surface area contributed by atoms with E-state index in [2.05, 4.69) is 14.9 Å². The number of hydrogen-bond acceptors (Lipinski definition) is 9. The molecule has 9 nitrogen and oxygen atoms in total. The lowest BCUT2D eigenvalue weighted by Gasteiger charge is -2.35. The van der Waals surface area contributed by atoms with E-state index in [1.165, 1.54) is 6.42 Å². The van der Waals surface area contributed by atoms with Crippen molar-refractivity contribution < 1.29 is 24.2 Å². The minimum absolute atomic E-state index is 0.0575. The maximum absolute atomic E-state index is 12.9. The molecule has 0 aliphatic heterocycles. The summed E-state index contributed by atoms with van der Waals surface area (Å²) >= 11 is 1.16. The van der Waals surface area contributed by atoms with E-state index in [1.54, 1.807) is 13.8 Å². The molecule has 2 heterocycles. The molecular formula is C24H35N3O6S. The van der Waals surface area contributed by atoms with Crippen LogP contribution in [0.4, 0.5) is 0 Å². The molecule has 0 aromatic carbocycles. The van der Waals surface area contributed by atoms with Gasteiger partial charge in [-0.1, -0.05) is 26.2 Å². The average Bonchev–Trinajstić information content (AvgIpc) is 3.15. The fourth-order valence-corrected chi connectivity index (χ4v) is 5.52. The molecule has 0 spiro atoms. The first kappa shape index (κ1) is 26.3. The Hall–Kier alpha value is -2.30. The third-order valence-electron chi connectivity index (χ3n) is 6.09. The van der Waals surface area contributed by atoms with E-state index in [0.717, 1.165) is 37.0 Å². The van der Waals surface area contributed by atoms with Gasteiger partial charge in [-0.3, -0.25) is 14.5 Å². The number of nitrogens with zero attached hydrogens (tertiary/aromatic N) is 2. The summed E-state index contributed by atoms with van der Waals surface area (Å²) in [5, 5.41) is 11.0. The average molecular weight is 494 g/mol. The van der Waals surface area contributed by atoms with Crippen LogP contribution in [-0.2, 0) is 20.8 Å². The van der Waals surface area contributed by atoms with Crippen LogP contribution in [0, 0.1) is 6.92 Å². The van der Waals surface area contributed by atoms with Gasteiger partial charge in [-0.15, -0.1) is 11.3 Å². The van der Waals surface area contributed by atoms with Gasteiger partial charge in [0.2, 0.25) is 0 Å². The highest BCUT2D eigenvalue weighted by molar-refractivity contribution is 7.20. The molecule has 2 aromatic heterocycles. The predicted molar refractivity (Wildman–Crippen MR) is 130 cm³/mol. The second-order valence-electron chi connectivity index (χ2n) is 8.78. The summed E-state index contributed by atoms with van der Waals surface area (Å²) in [5.74, 6) is -0.281. The number of carbonyl (C=O) groups excluding carboxylic acids is 2. The number of aliphatic hydroxyl groups excluding tert-OH is 1. The maximum Gasteiger partial charge on any atom is 0.348 e. The number of thiophene rings is 1. The summed E-state index contributed by atoms with van der Waals surface area (Å²) in [4.78, 5) is 47.3. The van der Waals surface area contributed by atoms with Crippen LogP contribution in [-0.4, -0.2) is 63.8 Å². The van der Waals surface area contributed by atoms with Crippen molar-refractivity contribution in [3.05, 3.63) is 26.6 Å². The van der Waals surface area contributed by atoms with Gasteiger partial charge in [0.1, 0.15) is 28.2 Å². The molecule has 1 atom stereocenters. The zero-order chi connectivity index (χ0) is 24.7. The molecule has 188 valence electrons. The fourth-order valence-electron chi connectivity index (χ4n) is 4.42. The first-order valence-electron chi connectivity index (χ1n) is 12.1. The molecule has 1 aliphatic carbocycles. The summed E-state index contributed by atoms with van der Waals surface area (Å²) in [6.07, 6.45) is 5.60. The van der Waals surface area contributed by atoms with Crippen LogP contribution in [0.1, 0.15) is 79.9 Å². The highest BCUT2D eigenvalue weighted by atomic mass is 32.1. The SMILES string of the molecule is CCCC(=O)OCC(O)CN(Cc1nc2sc(C(=O)OCC)c(C)c2c(=O)[nH]1)C1CCCCC1. The molecule has 1 unspecified atom stereocenters. The summed E-state index contributed by atoms with van der Waals surface area (Å²) in [6.45, 7) is 6.23. The summed E-state index contributed by atoms with van der Waals surface area (Å²) in [6, 6.07) is 0.246. The second-order valence-corrected chi connectivity index (χ2v) is 9.78. The molecule has 3 rings (SSSR count). The Morgan fingerprint density at radius 2 is 1.97 bits per heavy atom. The third-order valence-corrected chi connectivity index (χ3v) is 7.26. The molecule has 2 N–H and O–H groups in total. The third kappa shape index (κ3) is 6.64. The molecule has 0 amide bonds. The van der Waals surface area contributed by atoms with E-state index >= 15 is 0 Å². The predicted octanol–water partition coefficient (Wildman–Crippen LogP) is 3.31. The van der Waals surface area contributed by atoms with Crippen LogP contribution in [0.15, 0.2) is 4.79 Å². The zero-order valence-corrected chi connectivity index (χ0v) is 21.0. The van der Waals surface area contributed by atoms with E-state index < -0.39 is 12.1 Å². The Bertz CT molecular complexity index is 1040. The molecule has 1 fully saturated rings. The van der Waals surface area contributed by atoms with Crippen molar-refractivity contribution in [3.63, 3.8) is 0 Å². The Labute approximate surface area is 203 Å². The first-order chi connectivity index (χ1) is 16.3. The molecular weight excluding hydrogens is 458 g/mol. The van der Waals surface area contributed by atoms with Crippen LogP contribution in [0.3, 0.4) is 0 Å². The van der Waals surface area contributed by atoms with Crippen molar-refractivity contribution in [2.45, 2.75) is 84.4 Å². The summed E-state index contributed by atoms with van der Waals surface area (Å²) in [7, 11) is 0. The standard InChI is InChI=1S/C24H35N3O6S/c1-4-9-19(29)33-14-17(28)12-27(16-10-7-6-8-11-16)13-18-25-22(30)20-15(3)21(24(31)32-5-2)34-23(20)26-18/h16-17,28H,4-14H2,1-3H3,(H,25,26,30). The van der Waals surface area contributed by atoms with Crippen molar-refractivity contribution in [1.82, 2.24) is 14.9 Å². The van der Waals surface area contributed by atoms with E-state index in [1.807, 2.05) is 6.92 Å². The Morgan fingerprint density at radius 3 is 2.65 bits per heavy atom. The van der Waals surface area contributed by atoms with Gasteiger partial charge in [0.05, 0.1) is 18.5 Å². The van der Waals surface area contributed by atoms with Crippen LogP contribution < -0.4 is 5.56 Å². The number of esters is 2.